The lowest BCUT2D eigenvalue weighted by Crippen LogP contribution is -3.11. The van der Waals surface area contributed by atoms with Crippen molar-refractivity contribution >= 4 is 5.87 Å². The first-order valence-corrected chi connectivity index (χ1v) is 9.21. The average molecular weight is 385 g/mol. The van der Waals surface area contributed by atoms with Crippen LogP contribution in [0.1, 0.15) is 41.5 Å². The maximum atomic E-state index is 7.83. The lowest BCUT2D eigenvalue weighted by molar-refractivity contribution is -0.894. The minimum atomic E-state index is -1.10. The van der Waals surface area contributed by atoms with Gasteiger partial charge < -0.3 is 15.2 Å². The van der Waals surface area contributed by atoms with Crippen molar-refractivity contribution in [2.75, 3.05) is 39.3 Å². The summed E-state index contributed by atoms with van der Waals surface area (Å²) in [5.74, 6) is 0.299. The Bertz CT molecular complexity index is 535. The standard InChI is InChI=1S/2C6H15N.C4HN3.C4N3/c2*1-4-7(5-2)6-3;2*5-1-4(2-6)3-7/h2*4-6H2,1-3H3;4H;/q;;;-1/p+1. The summed E-state index contributed by atoms with van der Waals surface area (Å²) in [6.07, 6.45) is 0. The molecule has 0 aliphatic heterocycles. The topological polar surface area (TPSA) is 149 Å². The van der Waals surface area contributed by atoms with Crippen molar-refractivity contribution in [2.45, 2.75) is 41.5 Å². The third-order valence-electron chi connectivity index (χ3n) is 3.56. The zero-order valence-corrected chi connectivity index (χ0v) is 18.0. The second-order valence-electron chi connectivity index (χ2n) is 4.96. The van der Waals surface area contributed by atoms with E-state index in [1.165, 1.54) is 75.5 Å². The van der Waals surface area contributed by atoms with Crippen LogP contribution in [-0.2, 0) is 0 Å². The van der Waals surface area contributed by atoms with E-state index < -0.39 is 11.5 Å². The maximum Gasteiger partial charge on any atom is 0.218 e. The van der Waals surface area contributed by atoms with Crippen LogP contribution in [0.5, 0.6) is 0 Å². The van der Waals surface area contributed by atoms with Crippen LogP contribution >= 0.6 is 0 Å². The molecule has 0 aliphatic rings. The molecule has 0 aromatic heterocycles. The molecule has 0 aliphatic carbocycles. The van der Waals surface area contributed by atoms with Crippen LogP contribution in [0.4, 0.5) is 0 Å². The molecule has 0 aromatic carbocycles. The molecular formula is C20H32N8. The number of nitriles is 5. The third kappa shape index (κ3) is 25.1. The first kappa shape index (κ1) is 32.5. The van der Waals surface area contributed by atoms with Gasteiger partial charge in [0, 0.05) is 0 Å². The van der Waals surface area contributed by atoms with E-state index >= 15 is 0 Å². The molecule has 0 atom stereocenters. The molecule has 0 unspecified atom stereocenters. The summed E-state index contributed by atoms with van der Waals surface area (Å²) in [6.45, 7) is 20.6. The predicted octanol–water partition coefficient (Wildman–Crippen LogP) is 1.65. The Morgan fingerprint density at radius 3 is 1.07 bits per heavy atom. The van der Waals surface area contributed by atoms with Crippen molar-refractivity contribution in [3.63, 3.8) is 0 Å². The number of hydrogen-bond donors (Lipinski definition) is 1. The molecule has 1 N–H and O–H groups in total. The lowest BCUT2D eigenvalue weighted by Gasteiger charge is -2.13. The van der Waals surface area contributed by atoms with Crippen LogP contribution < -0.4 is 4.90 Å². The third-order valence-corrected chi connectivity index (χ3v) is 3.56. The van der Waals surface area contributed by atoms with E-state index in [4.69, 9.17) is 31.7 Å². The number of nitrogens with zero attached hydrogens (tertiary/aromatic N) is 7. The monoisotopic (exact) mass is 384 g/mol. The van der Waals surface area contributed by atoms with E-state index in [9.17, 15) is 0 Å². The van der Waals surface area contributed by atoms with Crippen molar-refractivity contribution < 1.29 is 4.90 Å². The first-order valence-electron chi connectivity index (χ1n) is 9.21. The van der Waals surface area contributed by atoms with Gasteiger partial charge in [0.05, 0.1) is 37.8 Å². The van der Waals surface area contributed by atoms with Crippen molar-refractivity contribution in [2.24, 2.45) is 5.92 Å². The van der Waals surface area contributed by atoms with Crippen LogP contribution in [0, 0.1) is 62.6 Å². The lowest BCUT2D eigenvalue weighted by atomic mass is 10.2. The van der Waals surface area contributed by atoms with E-state index in [0.717, 1.165) is 0 Å². The SMILES string of the molecule is CCN(CC)CC.CC[NH+](CC)CC.N#CC(=C=[N-])C#N.N#CC(C#N)C#N. The van der Waals surface area contributed by atoms with Gasteiger partial charge in [-0.25, -0.2) is 5.87 Å². The second-order valence-corrected chi connectivity index (χ2v) is 4.96. The fourth-order valence-corrected chi connectivity index (χ4v) is 1.58. The Hall–Kier alpha value is -3.18. The molecule has 0 saturated carbocycles. The average Bonchev–Trinajstić information content (AvgIpc) is 2.75. The number of nitrogens with one attached hydrogen (secondary N) is 1. The highest BCUT2D eigenvalue weighted by Crippen LogP contribution is 1.83. The molecule has 0 fully saturated rings. The Balaban J connectivity index is -0.000000137. The minimum absolute atomic E-state index is 0.403. The Morgan fingerprint density at radius 1 is 0.750 bits per heavy atom. The van der Waals surface area contributed by atoms with Gasteiger partial charge in [0.25, 0.3) is 0 Å². The minimum Gasteiger partial charge on any atom is -0.762 e. The normalized spacial score (nSPS) is 7.86. The first-order chi connectivity index (χ1) is 13.4. The Morgan fingerprint density at radius 2 is 1.07 bits per heavy atom. The van der Waals surface area contributed by atoms with Gasteiger partial charge in [-0.3, -0.25) is 0 Å². The highest BCUT2D eigenvalue weighted by Gasteiger charge is 1.97. The maximum absolute atomic E-state index is 7.83. The molecule has 8 nitrogen and oxygen atoms in total. The van der Waals surface area contributed by atoms with Gasteiger partial charge in [-0.1, -0.05) is 20.8 Å². The van der Waals surface area contributed by atoms with Gasteiger partial charge >= 0.3 is 0 Å². The van der Waals surface area contributed by atoms with Gasteiger partial charge in [-0.15, -0.1) is 0 Å². The summed E-state index contributed by atoms with van der Waals surface area (Å²) in [4.78, 5) is 4.06. The number of hydrogen-bond acceptors (Lipinski definition) is 6. The Labute approximate surface area is 170 Å². The molecule has 28 heavy (non-hydrogen) atoms. The van der Waals surface area contributed by atoms with Gasteiger partial charge in [0.15, 0.2) is 0 Å². The van der Waals surface area contributed by atoms with Crippen molar-refractivity contribution in [3.8, 4) is 30.3 Å². The van der Waals surface area contributed by atoms with Crippen molar-refractivity contribution in [1.82, 2.24) is 4.90 Å². The molecule has 8 heteroatoms. The van der Waals surface area contributed by atoms with E-state index in [1.54, 1.807) is 4.90 Å². The highest BCUT2D eigenvalue weighted by atomic mass is 15.1. The van der Waals surface area contributed by atoms with Gasteiger partial charge in [-0.2, -0.15) is 26.3 Å². The summed E-state index contributed by atoms with van der Waals surface area (Å²) in [7, 11) is 0. The van der Waals surface area contributed by atoms with Crippen LogP contribution in [0.15, 0.2) is 5.57 Å². The largest absolute Gasteiger partial charge is 0.762 e. The fraction of sp³-hybridized carbons (Fsp3) is 0.650. The van der Waals surface area contributed by atoms with E-state index in [2.05, 4.69) is 46.4 Å². The highest BCUT2D eigenvalue weighted by molar-refractivity contribution is 5.71. The van der Waals surface area contributed by atoms with E-state index in [1.807, 2.05) is 0 Å². The quantitative estimate of drug-likeness (QED) is 0.543. The van der Waals surface area contributed by atoms with Gasteiger partial charge in [0.2, 0.25) is 5.92 Å². The molecule has 0 saturated heterocycles. The van der Waals surface area contributed by atoms with Crippen LogP contribution in [-0.4, -0.2) is 50.0 Å². The van der Waals surface area contributed by atoms with Crippen LogP contribution in [0.25, 0.3) is 5.41 Å². The number of quaternary nitrogens is 1. The molecule has 0 bridgehead atoms. The second kappa shape index (κ2) is 28.6. The number of allylic oxidation sites excluding steroid dienone is 1. The molecule has 0 rings (SSSR count). The molecule has 152 valence electrons. The smallest absolute Gasteiger partial charge is 0.218 e. The van der Waals surface area contributed by atoms with Gasteiger partial charge in [-0.05, 0) is 40.4 Å². The molecule has 0 spiro atoms. The molecule has 0 aromatic rings. The van der Waals surface area contributed by atoms with Crippen molar-refractivity contribution in [1.29, 1.82) is 26.3 Å². The summed E-state index contributed by atoms with van der Waals surface area (Å²) in [6, 6.07) is 7.23. The Kier molecular flexibility index (Phi) is 33.2. The fourth-order valence-electron chi connectivity index (χ4n) is 1.58. The summed E-state index contributed by atoms with van der Waals surface area (Å²) in [5.41, 5.74) is -0.403. The zero-order chi connectivity index (χ0) is 22.8. The summed E-state index contributed by atoms with van der Waals surface area (Å²) in [5, 5.41) is 46.9. The van der Waals surface area contributed by atoms with Crippen LogP contribution in [0.2, 0.25) is 0 Å². The summed E-state index contributed by atoms with van der Waals surface area (Å²) < 4.78 is 0. The van der Waals surface area contributed by atoms with E-state index in [0.29, 0.717) is 0 Å². The summed E-state index contributed by atoms with van der Waals surface area (Å²) >= 11 is 0. The van der Waals surface area contributed by atoms with Crippen molar-refractivity contribution in [3.05, 3.63) is 11.0 Å². The molecule has 0 amide bonds. The van der Waals surface area contributed by atoms with Crippen LogP contribution in [0.3, 0.4) is 0 Å². The molecule has 0 heterocycles. The molecule has 0 radical (unpaired) electrons. The predicted molar refractivity (Wildman–Crippen MR) is 109 cm³/mol. The number of rotatable bonds is 6. The van der Waals surface area contributed by atoms with E-state index in [-0.39, 0.29) is 0 Å². The zero-order valence-electron chi connectivity index (χ0n) is 18.0. The molecular weight excluding hydrogens is 352 g/mol. The van der Waals surface area contributed by atoms with Gasteiger partial charge in [0.1, 0.15) is 17.7 Å².